The zero-order valence-electron chi connectivity index (χ0n) is 19.5. The standard InChI is InChI=1S/C23H26N6O3S2/c1-5-32-21(30)18-17(11-8-12-31-4)34-23(25-18)27-20-14(3)13(2)19(28-29-20)26-22-24-15-9-6-7-10-16(15)33-22/h6-7,9-10H,5,8,11-12H2,1-4H3,(H,24,26,28)(H,25,27,29). The lowest BCUT2D eigenvalue weighted by Crippen LogP contribution is -2.08. The minimum absolute atomic E-state index is 0.295. The first kappa shape index (κ1) is 24.0. The molecule has 1 aromatic carbocycles. The van der Waals surface area contributed by atoms with Crippen LogP contribution in [0.1, 0.15) is 39.8 Å². The predicted octanol–water partition coefficient (Wildman–Crippen LogP) is 5.40. The third-order valence-corrected chi connectivity index (χ3v) is 7.17. The van der Waals surface area contributed by atoms with Crippen LogP contribution in [0.2, 0.25) is 0 Å². The van der Waals surface area contributed by atoms with Crippen LogP contribution in [0.25, 0.3) is 10.2 Å². The van der Waals surface area contributed by atoms with Crippen LogP contribution in [0, 0.1) is 13.8 Å². The number of ether oxygens (including phenoxy) is 2. The number of thiazole rings is 2. The summed E-state index contributed by atoms with van der Waals surface area (Å²) in [6.07, 6.45) is 1.46. The molecule has 3 aromatic heterocycles. The van der Waals surface area contributed by atoms with Crippen molar-refractivity contribution < 1.29 is 14.3 Å². The summed E-state index contributed by atoms with van der Waals surface area (Å²) in [5.74, 6) is 0.808. The molecule has 2 N–H and O–H groups in total. The number of carbonyl (C=O) groups excluding carboxylic acids is 1. The molecule has 0 unspecified atom stereocenters. The van der Waals surface area contributed by atoms with Gasteiger partial charge in [-0.25, -0.2) is 14.8 Å². The molecule has 0 fully saturated rings. The van der Waals surface area contributed by atoms with Gasteiger partial charge in [-0.15, -0.1) is 21.5 Å². The molecule has 0 aliphatic heterocycles. The number of fused-ring (bicyclic) bond motifs is 1. The summed E-state index contributed by atoms with van der Waals surface area (Å²) >= 11 is 2.98. The second kappa shape index (κ2) is 10.9. The van der Waals surface area contributed by atoms with Crippen LogP contribution in [0.4, 0.5) is 21.9 Å². The number of aromatic nitrogens is 4. The Hall–Kier alpha value is -3.15. The molecule has 9 nitrogen and oxygen atoms in total. The third kappa shape index (κ3) is 5.32. The molecule has 0 saturated heterocycles. The van der Waals surface area contributed by atoms with E-state index in [1.165, 1.54) is 11.3 Å². The molecule has 0 spiro atoms. The van der Waals surface area contributed by atoms with Gasteiger partial charge in [0.1, 0.15) is 0 Å². The van der Waals surface area contributed by atoms with Crippen molar-refractivity contribution in [2.24, 2.45) is 0 Å². The summed E-state index contributed by atoms with van der Waals surface area (Å²) < 4.78 is 11.4. The van der Waals surface area contributed by atoms with E-state index in [4.69, 9.17) is 9.47 Å². The van der Waals surface area contributed by atoms with E-state index in [1.54, 1.807) is 25.4 Å². The van der Waals surface area contributed by atoms with Crippen LogP contribution in [-0.2, 0) is 15.9 Å². The molecule has 178 valence electrons. The number of para-hydroxylation sites is 1. The maximum Gasteiger partial charge on any atom is 0.358 e. The lowest BCUT2D eigenvalue weighted by atomic mass is 10.2. The van der Waals surface area contributed by atoms with Gasteiger partial charge in [-0.2, -0.15) is 0 Å². The van der Waals surface area contributed by atoms with Crippen LogP contribution in [0.5, 0.6) is 0 Å². The Bertz CT molecular complexity index is 1270. The fourth-order valence-corrected chi connectivity index (χ4v) is 5.14. The van der Waals surface area contributed by atoms with E-state index in [9.17, 15) is 4.79 Å². The minimum Gasteiger partial charge on any atom is -0.461 e. The summed E-state index contributed by atoms with van der Waals surface area (Å²) in [7, 11) is 1.66. The van der Waals surface area contributed by atoms with Gasteiger partial charge in [0.2, 0.25) is 0 Å². The molecule has 4 rings (SSSR count). The Morgan fingerprint density at radius 2 is 1.68 bits per heavy atom. The van der Waals surface area contributed by atoms with Gasteiger partial charge in [-0.05, 0) is 45.7 Å². The molecular weight excluding hydrogens is 472 g/mol. The first-order chi connectivity index (χ1) is 16.5. The lowest BCUT2D eigenvalue weighted by molar-refractivity contribution is 0.0519. The molecule has 0 aliphatic rings. The number of hydrogen-bond acceptors (Lipinski definition) is 11. The molecule has 34 heavy (non-hydrogen) atoms. The normalized spacial score (nSPS) is 11.1. The van der Waals surface area contributed by atoms with Crippen molar-refractivity contribution in [2.45, 2.75) is 33.6 Å². The van der Waals surface area contributed by atoms with Gasteiger partial charge in [-0.1, -0.05) is 23.5 Å². The Morgan fingerprint density at radius 1 is 1.00 bits per heavy atom. The number of esters is 1. The molecule has 0 atom stereocenters. The molecule has 4 aromatic rings. The highest BCUT2D eigenvalue weighted by molar-refractivity contribution is 7.22. The largest absolute Gasteiger partial charge is 0.461 e. The fourth-order valence-electron chi connectivity index (χ4n) is 3.28. The summed E-state index contributed by atoms with van der Waals surface area (Å²) in [6, 6.07) is 7.98. The van der Waals surface area contributed by atoms with Gasteiger partial charge in [0.05, 0.1) is 16.8 Å². The quantitative estimate of drug-likeness (QED) is 0.219. The molecule has 3 heterocycles. The SMILES string of the molecule is CCOC(=O)c1nc(Nc2nnc(Nc3nc4ccccc4s3)c(C)c2C)sc1CCCOC. The van der Waals surface area contributed by atoms with E-state index < -0.39 is 5.97 Å². The van der Waals surface area contributed by atoms with Gasteiger partial charge in [-0.3, -0.25) is 0 Å². The van der Waals surface area contributed by atoms with E-state index in [-0.39, 0.29) is 0 Å². The Balaban J connectivity index is 1.54. The van der Waals surface area contributed by atoms with Gasteiger partial charge >= 0.3 is 5.97 Å². The van der Waals surface area contributed by atoms with E-state index >= 15 is 0 Å². The number of nitrogens with one attached hydrogen (secondary N) is 2. The predicted molar refractivity (Wildman–Crippen MR) is 136 cm³/mol. The summed E-state index contributed by atoms with van der Waals surface area (Å²) in [5.41, 5.74) is 3.15. The Labute approximate surface area is 205 Å². The van der Waals surface area contributed by atoms with E-state index in [1.807, 2.05) is 38.1 Å². The molecular formula is C23H26N6O3S2. The highest BCUT2D eigenvalue weighted by Crippen LogP contribution is 2.32. The summed E-state index contributed by atoms with van der Waals surface area (Å²) in [5, 5.41) is 16.6. The van der Waals surface area contributed by atoms with Gasteiger partial charge in [0, 0.05) is 29.7 Å². The van der Waals surface area contributed by atoms with Crippen molar-refractivity contribution in [2.75, 3.05) is 31.0 Å². The van der Waals surface area contributed by atoms with E-state index in [0.717, 1.165) is 37.8 Å². The van der Waals surface area contributed by atoms with Crippen LogP contribution in [-0.4, -0.2) is 46.5 Å². The Kier molecular flexibility index (Phi) is 7.66. The summed E-state index contributed by atoms with van der Waals surface area (Å²) in [6.45, 7) is 6.63. The third-order valence-electron chi connectivity index (χ3n) is 5.19. The highest BCUT2D eigenvalue weighted by atomic mass is 32.1. The van der Waals surface area contributed by atoms with Gasteiger partial charge < -0.3 is 20.1 Å². The molecule has 0 amide bonds. The lowest BCUT2D eigenvalue weighted by Gasteiger charge is -2.11. The van der Waals surface area contributed by atoms with Crippen molar-refractivity contribution in [3.05, 3.63) is 46.0 Å². The van der Waals surface area contributed by atoms with Crippen LogP contribution in [0.15, 0.2) is 24.3 Å². The number of aryl methyl sites for hydroxylation is 1. The molecule has 0 bridgehead atoms. The van der Waals surface area contributed by atoms with Gasteiger partial charge in [0.15, 0.2) is 27.6 Å². The second-order valence-corrected chi connectivity index (χ2v) is 9.61. The number of carbonyl (C=O) groups is 1. The van der Waals surface area contributed by atoms with Gasteiger partial charge in [0.25, 0.3) is 0 Å². The average molecular weight is 499 g/mol. The number of benzene rings is 1. The maximum atomic E-state index is 12.4. The highest BCUT2D eigenvalue weighted by Gasteiger charge is 2.20. The smallest absolute Gasteiger partial charge is 0.358 e. The fraction of sp³-hybridized carbons (Fsp3) is 0.348. The van der Waals surface area contributed by atoms with Crippen molar-refractivity contribution in [3.63, 3.8) is 0 Å². The van der Waals surface area contributed by atoms with Crippen molar-refractivity contribution >= 4 is 60.8 Å². The van der Waals surface area contributed by atoms with Crippen LogP contribution in [0.3, 0.4) is 0 Å². The molecule has 11 heteroatoms. The number of hydrogen-bond donors (Lipinski definition) is 2. The maximum absolute atomic E-state index is 12.4. The molecule has 0 aliphatic carbocycles. The number of anilines is 4. The van der Waals surface area contributed by atoms with E-state index in [0.29, 0.717) is 42.1 Å². The number of methoxy groups -OCH3 is 1. The van der Waals surface area contributed by atoms with Crippen LogP contribution < -0.4 is 10.6 Å². The first-order valence-corrected chi connectivity index (χ1v) is 12.5. The average Bonchev–Trinajstić information content (AvgIpc) is 3.42. The summed E-state index contributed by atoms with van der Waals surface area (Å²) in [4.78, 5) is 22.3. The Morgan fingerprint density at radius 3 is 2.32 bits per heavy atom. The molecule has 0 saturated carbocycles. The first-order valence-electron chi connectivity index (χ1n) is 10.9. The monoisotopic (exact) mass is 498 g/mol. The van der Waals surface area contributed by atoms with Crippen molar-refractivity contribution in [3.8, 4) is 0 Å². The van der Waals surface area contributed by atoms with Crippen molar-refractivity contribution in [1.82, 2.24) is 20.2 Å². The second-order valence-electron chi connectivity index (χ2n) is 7.49. The van der Waals surface area contributed by atoms with E-state index in [2.05, 4.69) is 30.8 Å². The zero-order chi connectivity index (χ0) is 24.1. The number of rotatable bonds is 10. The zero-order valence-corrected chi connectivity index (χ0v) is 21.1. The van der Waals surface area contributed by atoms with Crippen molar-refractivity contribution in [1.29, 1.82) is 0 Å². The molecule has 0 radical (unpaired) electrons. The van der Waals surface area contributed by atoms with Crippen LogP contribution >= 0.6 is 22.7 Å². The minimum atomic E-state index is -0.423. The number of nitrogens with zero attached hydrogens (tertiary/aromatic N) is 4. The topological polar surface area (TPSA) is 111 Å².